The second-order valence-electron chi connectivity index (χ2n) is 5.23. The van der Waals surface area contributed by atoms with Crippen LogP contribution in [0.3, 0.4) is 0 Å². The van der Waals surface area contributed by atoms with E-state index in [1.807, 2.05) is 24.5 Å². The number of thiazole rings is 1. The molecule has 0 atom stereocenters. The van der Waals surface area contributed by atoms with Crippen LogP contribution in [0.15, 0.2) is 30.9 Å². The van der Waals surface area contributed by atoms with Crippen molar-refractivity contribution in [1.82, 2.24) is 19.9 Å². The van der Waals surface area contributed by atoms with Crippen molar-refractivity contribution >= 4 is 32.5 Å². The molecule has 0 radical (unpaired) electrons. The Morgan fingerprint density at radius 1 is 1.13 bits per heavy atom. The summed E-state index contributed by atoms with van der Waals surface area (Å²) in [4.78, 5) is 21.8. The summed E-state index contributed by atoms with van der Waals surface area (Å²) in [6, 6.07) is 3.89. The van der Waals surface area contributed by atoms with Crippen molar-refractivity contribution in [3.63, 3.8) is 0 Å². The number of anilines is 2. The van der Waals surface area contributed by atoms with Crippen LogP contribution in [0.5, 0.6) is 5.88 Å². The Morgan fingerprint density at radius 2 is 1.96 bits per heavy atom. The maximum Gasteiger partial charge on any atom is 0.218 e. The largest absolute Gasteiger partial charge is 0.481 e. The summed E-state index contributed by atoms with van der Waals surface area (Å²) in [5, 5.41) is 1.06. The van der Waals surface area contributed by atoms with Crippen LogP contribution in [-0.2, 0) is 0 Å². The predicted octanol–water partition coefficient (Wildman–Crippen LogP) is 1.82. The number of methoxy groups -OCH3 is 1. The van der Waals surface area contributed by atoms with Gasteiger partial charge >= 0.3 is 0 Å². The van der Waals surface area contributed by atoms with Gasteiger partial charge in [-0.3, -0.25) is 4.98 Å². The van der Waals surface area contributed by atoms with Gasteiger partial charge in [0.25, 0.3) is 0 Å². The van der Waals surface area contributed by atoms with E-state index in [4.69, 9.17) is 4.74 Å². The van der Waals surface area contributed by atoms with Gasteiger partial charge in [-0.25, -0.2) is 15.0 Å². The molecule has 1 aliphatic rings. The summed E-state index contributed by atoms with van der Waals surface area (Å²) in [6.45, 7) is 3.63. The Balaban J connectivity index is 1.48. The average Bonchev–Trinajstić information content (AvgIpc) is 3.06. The van der Waals surface area contributed by atoms with Crippen LogP contribution in [0.1, 0.15) is 0 Å². The molecule has 3 aromatic heterocycles. The summed E-state index contributed by atoms with van der Waals surface area (Å²) in [7, 11) is 1.62. The third-order valence-corrected chi connectivity index (χ3v) is 4.99. The molecular weight excluding hydrogens is 312 g/mol. The minimum Gasteiger partial charge on any atom is -0.481 e. The van der Waals surface area contributed by atoms with Crippen LogP contribution in [0, 0.1) is 0 Å². The van der Waals surface area contributed by atoms with E-state index in [2.05, 4.69) is 29.7 Å². The topological polar surface area (TPSA) is 67.3 Å². The van der Waals surface area contributed by atoms with E-state index >= 15 is 0 Å². The molecule has 1 aliphatic heterocycles. The van der Waals surface area contributed by atoms with E-state index in [9.17, 15) is 0 Å². The van der Waals surface area contributed by atoms with Crippen molar-refractivity contribution in [3.05, 3.63) is 30.9 Å². The molecule has 7 nitrogen and oxygen atoms in total. The molecule has 0 spiro atoms. The first-order valence-electron chi connectivity index (χ1n) is 7.40. The lowest BCUT2D eigenvalue weighted by atomic mass is 10.3. The number of fused-ring (bicyclic) bond motifs is 1. The number of rotatable bonds is 3. The Labute approximate surface area is 137 Å². The second-order valence-corrected chi connectivity index (χ2v) is 6.24. The van der Waals surface area contributed by atoms with E-state index in [0.29, 0.717) is 5.88 Å². The van der Waals surface area contributed by atoms with Crippen molar-refractivity contribution < 1.29 is 4.74 Å². The minimum absolute atomic E-state index is 0.594. The van der Waals surface area contributed by atoms with Crippen molar-refractivity contribution in [3.8, 4) is 5.88 Å². The average molecular weight is 328 g/mol. The molecule has 3 aromatic rings. The van der Waals surface area contributed by atoms with Crippen LogP contribution in [0.2, 0.25) is 0 Å². The molecule has 0 amide bonds. The number of hydrogen-bond donors (Lipinski definition) is 0. The van der Waals surface area contributed by atoms with Gasteiger partial charge in [0, 0.05) is 38.4 Å². The monoisotopic (exact) mass is 328 g/mol. The first-order chi connectivity index (χ1) is 11.3. The molecule has 0 bridgehead atoms. The molecule has 0 aromatic carbocycles. The molecule has 1 fully saturated rings. The number of pyridine rings is 1. The summed E-state index contributed by atoms with van der Waals surface area (Å²) in [5.74, 6) is 1.50. The fourth-order valence-corrected chi connectivity index (χ4v) is 3.63. The maximum atomic E-state index is 5.17. The third kappa shape index (κ3) is 2.77. The number of hydrogen-bond acceptors (Lipinski definition) is 8. The summed E-state index contributed by atoms with van der Waals surface area (Å²) < 4.78 is 6.35. The molecule has 1 saturated heterocycles. The van der Waals surface area contributed by atoms with E-state index in [1.54, 1.807) is 24.8 Å². The third-order valence-electron chi connectivity index (χ3n) is 3.89. The van der Waals surface area contributed by atoms with Gasteiger partial charge in [-0.05, 0) is 6.07 Å². The van der Waals surface area contributed by atoms with Crippen LogP contribution >= 0.6 is 11.3 Å². The molecule has 4 rings (SSSR count). The zero-order valence-electron chi connectivity index (χ0n) is 12.7. The van der Waals surface area contributed by atoms with Gasteiger partial charge in [-0.15, -0.1) is 0 Å². The zero-order chi connectivity index (χ0) is 15.6. The van der Waals surface area contributed by atoms with Crippen molar-refractivity contribution in [2.45, 2.75) is 0 Å². The van der Waals surface area contributed by atoms with Gasteiger partial charge in [0.15, 0.2) is 5.13 Å². The molecule has 8 heteroatoms. The standard InChI is InChI=1S/C15H16N6OS/c1-22-14-8-13(17-10-18-14)20-4-6-21(7-5-20)15-19-11-9-16-3-2-12(11)23-15/h2-3,8-10H,4-7H2,1H3. The van der Waals surface area contributed by atoms with Crippen LogP contribution in [0.4, 0.5) is 10.9 Å². The Hall–Kier alpha value is -2.48. The van der Waals surface area contributed by atoms with Crippen molar-refractivity contribution in [2.24, 2.45) is 0 Å². The highest BCUT2D eigenvalue weighted by Crippen LogP contribution is 2.29. The number of nitrogens with zero attached hydrogens (tertiary/aromatic N) is 6. The zero-order valence-corrected chi connectivity index (χ0v) is 13.5. The van der Waals surface area contributed by atoms with Gasteiger partial charge in [0.05, 0.1) is 18.0 Å². The van der Waals surface area contributed by atoms with Gasteiger partial charge in [-0.1, -0.05) is 11.3 Å². The number of ether oxygens (including phenoxy) is 1. The first kappa shape index (κ1) is 14.1. The predicted molar refractivity (Wildman–Crippen MR) is 90.4 cm³/mol. The highest BCUT2D eigenvalue weighted by molar-refractivity contribution is 7.22. The molecule has 0 saturated carbocycles. The molecule has 0 aliphatic carbocycles. The number of piperazine rings is 1. The second kappa shape index (κ2) is 5.96. The lowest BCUT2D eigenvalue weighted by Crippen LogP contribution is -2.46. The Kier molecular flexibility index (Phi) is 3.66. The molecular formula is C15H16N6OS. The highest BCUT2D eigenvalue weighted by atomic mass is 32.1. The van der Waals surface area contributed by atoms with Crippen LogP contribution in [0.25, 0.3) is 10.2 Å². The van der Waals surface area contributed by atoms with Gasteiger partial charge in [-0.2, -0.15) is 0 Å². The lowest BCUT2D eigenvalue weighted by molar-refractivity contribution is 0.396. The normalized spacial score (nSPS) is 15.2. The summed E-state index contributed by atoms with van der Waals surface area (Å²) >= 11 is 1.72. The molecule has 4 heterocycles. The molecule has 0 N–H and O–H groups in total. The van der Waals surface area contributed by atoms with E-state index in [-0.39, 0.29) is 0 Å². The Bertz CT molecular complexity index is 781. The fourth-order valence-electron chi connectivity index (χ4n) is 2.64. The molecule has 0 unspecified atom stereocenters. The minimum atomic E-state index is 0.594. The fraction of sp³-hybridized carbons (Fsp3) is 0.333. The lowest BCUT2D eigenvalue weighted by Gasteiger charge is -2.35. The van der Waals surface area contributed by atoms with E-state index < -0.39 is 0 Å². The highest BCUT2D eigenvalue weighted by Gasteiger charge is 2.21. The maximum absolute atomic E-state index is 5.17. The summed E-state index contributed by atoms with van der Waals surface area (Å²) in [5.41, 5.74) is 0.968. The van der Waals surface area contributed by atoms with Gasteiger partial charge in [0.2, 0.25) is 5.88 Å². The quantitative estimate of drug-likeness (QED) is 0.726. The van der Waals surface area contributed by atoms with Crippen molar-refractivity contribution in [1.29, 1.82) is 0 Å². The van der Waals surface area contributed by atoms with Crippen LogP contribution in [-0.4, -0.2) is 53.2 Å². The van der Waals surface area contributed by atoms with E-state index in [1.165, 1.54) is 4.70 Å². The molecule has 23 heavy (non-hydrogen) atoms. The van der Waals surface area contributed by atoms with Crippen LogP contribution < -0.4 is 14.5 Å². The van der Waals surface area contributed by atoms with Crippen molar-refractivity contribution in [2.75, 3.05) is 43.1 Å². The number of aromatic nitrogens is 4. The Morgan fingerprint density at radius 3 is 2.74 bits per heavy atom. The SMILES string of the molecule is COc1cc(N2CCN(c3nc4cnccc4s3)CC2)ncn1. The van der Waals surface area contributed by atoms with Gasteiger partial charge < -0.3 is 14.5 Å². The summed E-state index contributed by atoms with van der Waals surface area (Å²) in [6.07, 6.45) is 5.17. The van der Waals surface area contributed by atoms with Gasteiger partial charge in [0.1, 0.15) is 17.7 Å². The smallest absolute Gasteiger partial charge is 0.218 e. The van der Waals surface area contributed by atoms with E-state index in [0.717, 1.165) is 42.6 Å². The molecule has 118 valence electrons. The first-order valence-corrected chi connectivity index (χ1v) is 8.21.